The predicted octanol–water partition coefficient (Wildman–Crippen LogP) is 12.2. The van der Waals surface area contributed by atoms with Gasteiger partial charge in [-0.1, -0.05) is 54.2 Å². The molecule has 0 bridgehead atoms. The van der Waals surface area contributed by atoms with Gasteiger partial charge in [0.05, 0.1) is 51.0 Å². The third-order valence-electron chi connectivity index (χ3n) is 24.9. The standard InChI is InChI=1S/C35H49NO8.C34H50N2O7.H3P/c1-5-16-43-33(40)22-7-8-23(29(17-22)36(41)42)20-44-31(39)11-6-21(2)26-9-10-27-32-28(13-15-35(26,27)4)34(3)14-12-25(37)18-24(34)19-30(32)38;1-5-35-32(40)21-7-8-22(28(16-21)36(41)42)19-43-30(39)11-6-20(2)25-9-10-26-31-27(13-15-34(25,26)4)33(3)14-12-24(37)17-23(33)18-29(31)38;/h5,7-8,17,21,24-28,30,32,37-38H,1,6,9-16,18-20H2,2-4H3;7-8,16,20,23-27,29,31,37-38H,5-6,9-15,17-19H2,1-4H3,(H,35,40);1H3/t21-,24-,25+,26?,27?,28?,30+,32?,34-,35+;20-,23-,24+,25?,26?,27?,29+,31?,33-,34+;/m00./s1. The second-order valence-electron chi connectivity index (χ2n) is 29.2. The number of fused-ring (bicyclic) bond motifs is 10. The lowest BCUT2D eigenvalue weighted by Gasteiger charge is -2.62. The molecule has 2 aromatic carbocycles. The Kier molecular flexibility index (Phi) is 22.2. The van der Waals surface area contributed by atoms with Gasteiger partial charge in [-0.2, -0.15) is 9.90 Å². The van der Waals surface area contributed by atoms with Crippen molar-refractivity contribution in [2.45, 2.75) is 215 Å². The number of aliphatic hydroxyl groups is 4. The van der Waals surface area contributed by atoms with Crippen LogP contribution >= 0.6 is 9.90 Å². The molecule has 10 rings (SSSR count). The Morgan fingerprint density at radius 1 is 0.614 bits per heavy atom. The van der Waals surface area contributed by atoms with Crippen molar-refractivity contribution in [3.63, 3.8) is 0 Å². The summed E-state index contributed by atoms with van der Waals surface area (Å²) in [5.41, 5.74) is 0.846. The average molecular weight is 1240 g/mol. The van der Waals surface area contributed by atoms with Gasteiger partial charge in [0.1, 0.15) is 19.8 Å². The van der Waals surface area contributed by atoms with Crippen LogP contribution in [0.25, 0.3) is 0 Å². The molecule has 0 radical (unpaired) electrons. The fourth-order valence-corrected chi connectivity index (χ4v) is 20.4. The zero-order chi connectivity index (χ0) is 62.9. The Hall–Kier alpha value is -4.87. The smallest absolute Gasteiger partial charge is 0.338 e. The number of aliphatic hydroxyl groups excluding tert-OH is 4. The van der Waals surface area contributed by atoms with Crippen LogP contribution in [0.1, 0.15) is 209 Å². The van der Waals surface area contributed by atoms with E-state index < -0.39 is 21.8 Å². The van der Waals surface area contributed by atoms with E-state index in [9.17, 15) is 59.8 Å². The van der Waals surface area contributed by atoms with Gasteiger partial charge in [-0.05, 0) is 239 Å². The summed E-state index contributed by atoms with van der Waals surface area (Å²) in [6.45, 7) is 19.4. The highest BCUT2D eigenvalue weighted by atomic mass is 31.0. The van der Waals surface area contributed by atoms with E-state index in [1.54, 1.807) is 6.92 Å². The fraction of sp³-hybridized carbons (Fsp3) is 0.739. The first-order valence-corrected chi connectivity index (χ1v) is 32.9. The van der Waals surface area contributed by atoms with Crippen molar-refractivity contribution in [3.8, 4) is 0 Å². The molecule has 0 spiro atoms. The molecular weight excluding hydrogens is 1140 g/mol. The topological polar surface area (TPSA) is 275 Å². The summed E-state index contributed by atoms with van der Waals surface area (Å²) in [7, 11) is 0. The number of nitrogens with one attached hydrogen (secondary N) is 1. The SMILES string of the molecule is C=CCOC(=O)c1ccc(COC(=O)CC[C@H](C)C2CCC3C4C(CC[C@@]32C)[C@@]2(C)CC[C@@H](O)C[C@H]2C[C@H]4O)c([N+](=O)[O-])c1.CCNC(=O)c1ccc(COC(=O)CC[C@H](C)C2CCC3C4C(CC[C@@]32C)[C@@]2(C)CC[C@@H](O)C[C@H]2C[C@H]4O)c([N+](=O)[O-])c1.P. The molecule has 0 aromatic heterocycles. The number of benzene rings is 2. The minimum absolute atomic E-state index is 0. The molecule has 0 aliphatic heterocycles. The number of carbonyl (C=O) groups is 4. The van der Waals surface area contributed by atoms with E-state index in [0.29, 0.717) is 90.4 Å². The van der Waals surface area contributed by atoms with Gasteiger partial charge in [0, 0.05) is 37.1 Å². The number of hydrogen-bond acceptors (Lipinski definition) is 15. The van der Waals surface area contributed by atoms with Gasteiger partial charge in [-0.25, -0.2) is 4.79 Å². The Bertz CT molecular complexity index is 2870. The van der Waals surface area contributed by atoms with Crippen molar-refractivity contribution >= 4 is 45.1 Å². The number of hydrogen-bond donors (Lipinski definition) is 5. The molecule has 18 nitrogen and oxygen atoms in total. The Balaban J connectivity index is 0.000000225. The van der Waals surface area contributed by atoms with Gasteiger partial charge in [0.15, 0.2) is 0 Å². The van der Waals surface area contributed by atoms with E-state index in [2.05, 4.69) is 53.4 Å². The van der Waals surface area contributed by atoms with E-state index in [1.807, 2.05) is 0 Å². The maximum Gasteiger partial charge on any atom is 0.338 e. The van der Waals surface area contributed by atoms with Crippen molar-refractivity contribution in [2.24, 2.45) is 92.7 Å². The van der Waals surface area contributed by atoms with Crippen molar-refractivity contribution in [1.82, 2.24) is 5.32 Å². The number of ether oxygens (including phenoxy) is 3. The quantitative estimate of drug-likeness (QED) is 0.0218. The molecule has 9 unspecified atom stereocenters. The van der Waals surface area contributed by atoms with Gasteiger partial charge in [0.25, 0.3) is 17.3 Å². The van der Waals surface area contributed by atoms with Crippen LogP contribution in [0.3, 0.4) is 0 Å². The van der Waals surface area contributed by atoms with Crippen molar-refractivity contribution in [2.75, 3.05) is 13.2 Å². The lowest BCUT2D eigenvalue weighted by atomic mass is 9.43. The van der Waals surface area contributed by atoms with Crippen LogP contribution in [0, 0.1) is 113 Å². The van der Waals surface area contributed by atoms with Crippen molar-refractivity contribution in [1.29, 1.82) is 0 Å². The lowest BCUT2D eigenvalue weighted by molar-refractivity contribution is -0.386. The molecule has 2 aromatic rings. The highest BCUT2D eigenvalue weighted by Gasteiger charge is 2.65. The number of rotatable bonds is 19. The molecule has 8 aliphatic rings. The summed E-state index contributed by atoms with van der Waals surface area (Å²) in [5, 5.41) is 69.5. The molecule has 0 saturated heterocycles. The molecule has 8 aliphatic carbocycles. The van der Waals surface area contributed by atoms with E-state index >= 15 is 0 Å². The summed E-state index contributed by atoms with van der Waals surface area (Å²) in [6.07, 6.45) is 18.2. The highest BCUT2D eigenvalue weighted by molar-refractivity contribution is 6.92. The lowest BCUT2D eigenvalue weighted by Crippen LogP contribution is -2.58. The number of carbonyl (C=O) groups excluding carboxylic acids is 4. The predicted molar refractivity (Wildman–Crippen MR) is 337 cm³/mol. The molecular formula is C69H102N3O15P. The second kappa shape index (κ2) is 28.3. The summed E-state index contributed by atoms with van der Waals surface area (Å²) in [6, 6.07) is 8.21. The summed E-state index contributed by atoms with van der Waals surface area (Å²) in [4.78, 5) is 71.8. The van der Waals surface area contributed by atoms with Crippen LogP contribution in [0.2, 0.25) is 0 Å². The number of nitro benzene ring substituents is 2. The van der Waals surface area contributed by atoms with E-state index in [-0.39, 0.29) is 134 Å². The van der Waals surface area contributed by atoms with Crippen LogP contribution < -0.4 is 5.32 Å². The molecule has 8 saturated carbocycles. The molecule has 5 N–H and O–H groups in total. The fourth-order valence-electron chi connectivity index (χ4n) is 20.4. The van der Waals surface area contributed by atoms with Gasteiger partial charge < -0.3 is 40.0 Å². The van der Waals surface area contributed by atoms with E-state index in [1.165, 1.54) is 36.4 Å². The third-order valence-corrected chi connectivity index (χ3v) is 24.9. The molecule has 8 fully saturated rings. The molecule has 88 heavy (non-hydrogen) atoms. The Labute approximate surface area is 523 Å². The number of amides is 1. The number of esters is 3. The minimum atomic E-state index is -0.688. The minimum Gasteiger partial charge on any atom is -0.461 e. The molecule has 1 amide bonds. The van der Waals surface area contributed by atoms with Crippen LogP contribution in [-0.2, 0) is 37.0 Å². The largest absolute Gasteiger partial charge is 0.461 e. The van der Waals surface area contributed by atoms with Crippen LogP contribution in [0.15, 0.2) is 49.1 Å². The monoisotopic (exact) mass is 1240 g/mol. The first-order chi connectivity index (χ1) is 41.3. The molecule has 0 heterocycles. The zero-order valence-corrected chi connectivity index (χ0v) is 54.8. The first kappa shape index (κ1) is 69.0. The zero-order valence-electron chi connectivity index (χ0n) is 53.3. The van der Waals surface area contributed by atoms with Crippen LogP contribution in [-0.4, -0.2) is 91.7 Å². The maximum absolute atomic E-state index is 12.8. The molecule has 19 heteroatoms. The van der Waals surface area contributed by atoms with Gasteiger partial charge in [-0.15, -0.1) is 0 Å². The van der Waals surface area contributed by atoms with Gasteiger partial charge >= 0.3 is 17.9 Å². The average Bonchev–Trinajstić information content (AvgIpc) is 1.43. The first-order valence-electron chi connectivity index (χ1n) is 32.9. The number of nitrogens with zero attached hydrogens (tertiary/aromatic N) is 2. The highest BCUT2D eigenvalue weighted by Crippen LogP contribution is 2.70. The van der Waals surface area contributed by atoms with Crippen molar-refractivity contribution < 1.29 is 63.7 Å². The Morgan fingerprint density at radius 3 is 1.44 bits per heavy atom. The van der Waals surface area contributed by atoms with E-state index in [4.69, 9.17) is 14.2 Å². The normalized spacial score (nSPS) is 36.6. The summed E-state index contributed by atoms with van der Waals surface area (Å²) < 4.78 is 15.9. The van der Waals surface area contributed by atoms with Crippen LogP contribution in [0.4, 0.5) is 11.4 Å². The summed E-state index contributed by atoms with van der Waals surface area (Å²) in [5.74, 6) is 3.08. The van der Waals surface area contributed by atoms with Gasteiger partial charge in [-0.3, -0.25) is 34.6 Å². The third kappa shape index (κ3) is 13.8. The van der Waals surface area contributed by atoms with Gasteiger partial charge in [0.2, 0.25) is 0 Å². The van der Waals surface area contributed by atoms with Crippen molar-refractivity contribution in [3.05, 3.63) is 91.5 Å². The maximum atomic E-state index is 12.8. The second-order valence-corrected chi connectivity index (χ2v) is 29.2. The summed E-state index contributed by atoms with van der Waals surface area (Å²) >= 11 is 0. The van der Waals surface area contributed by atoms with E-state index in [0.717, 1.165) is 109 Å². The Morgan fingerprint density at radius 2 is 1.02 bits per heavy atom. The molecule has 21 atom stereocenters. The van der Waals surface area contributed by atoms with Crippen LogP contribution in [0.5, 0.6) is 0 Å². The molecule has 488 valence electrons. The number of nitro groups is 2.